The van der Waals surface area contributed by atoms with Crippen LogP contribution >= 0.6 is 0 Å². The maximum atomic E-state index is 12.0. The van der Waals surface area contributed by atoms with Crippen LogP contribution in [0.4, 0.5) is 0 Å². The van der Waals surface area contributed by atoms with Gasteiger partial charge in [0.25, 0.3) is 0 Å². The number of carbonyl (C=O) groups is 1. The molecule has 6 nitrogen and oxygen atoms in total. The van der Waals surface area contributed by atoms with Crippen molar-refractivity contribution in [2.75, 3.05) is 6.61 Å². The van der Waals surface area contributed by atoms with Crippen LogP contribution in [0.5, 0.6) is 5.75 Å². The summed E-state index contributed by atoms with van der Waals surface area (Å²) in [6.45, 7) is 3.82. The number of nitrogens with zero attached hydrogens (tertiary/aromatic N) is 3. The fourth-order valence-electron chi connectivity index (χ4n) is 3.65. The lowest BCUT2D eigenvalue weighted by atomic mass is 9.95. The highest BCUT2D eigenvalue weighted by molar-refractivity contribution is 6.00. The zero-order valence-electron chi connectivity index (χ0n) is 14.0. The molecule has 2 aromatic heterocycles. The largest absolute Gasteiger partial charge is 0.505 e. The summed E-state index contributed by atoms with van der Waals surface area (Å²) in [6.07, 6.45) is 5.65. The molecule has 1 aliphatic carbocycles. The standard InChI is InChI=1S/C18H21N3O3/c1-3-24-18(23)15-17(22)13-9-11(2)21(12-7-5-4-6-8-12)16(13)14(10-19)20-15/h9,12,22H,3-8H2,1-2H3. The fraction of sp³-hybridized carbons (Fsp3) is 0.500. The van der Waals surface area contributed by atoms with E-state index in [1.54, 1.807) is 6.92 Å². The highest BCUT2D eigenvalue weighted by atomic mass is 16.5. The third kappa shape index (κ3) is 2.60. The van der Waals surface area contributed by atoms with Crippen LogP contribution < -0.4 is 0 Å². The van der Waals surface area contributed by atoms with Gasteiger partial charge in [-0.3, -0.25) is 0 Å². The molecule has 1 N–H and O–H groups in total. The Bertz CT molecular complexity index is 826. The Morgan fingerprint density at radius 1 is 1.46 bits per heavy atom. The van der Waals surface area contributed by atoms with Crippen molar-refractivity contribution in [2.45, 2.75) is 52.0 Å². The Balaban J connectivity index is 2.22. The number of carbonyl (C=O) groups excluding carboxylic acids is 1. The van der Waals surface area contributed by atoms with Crippen LogP contribution in [-0.2, 0) is 4.74 Å². The highest BCUT2D eigenvalue weighted by Crippen LogP contribution is 2.38. The van der Waals surface area contributed by atoms with Crippen LogP contribution in [0.1, 0.15) is 66.9 Å². The van der Waals surface area contributed by atoms with Crippen molar-refractivity contribution in [1.29, 1.82) is 5.26 Å². The lowest BCUT2D eigenvalue weighted by Crippen LogP contribution is -2.15. The number of nitriles is 1. The molecule has 0 amide bonds. The zero-order chi connectivity index (χ0) is 17.3. The minimum atomic E-state index is -0.712. The molecular formula is C18H21N3O3. The number of rotatable bonds is 3. The summed E-state index contributed by atoms with van der Waals surface area (Å²) >= 11 is 0. The number of pyridine rings is 1. The van der Waals surface area contributed by atoms with Crippen molar-refractivity contribution in [2.24, 2.45) is 0 Å². The van der Waals surface area contributed by atoms with Gasteiger partial charge in [-0.1, -0.05) is 19.3 Å². The molecule has 3 rings (SSSR count). The second kappa shape index (κ2) is 6.52. The second-order valence-corrected chi connectivity index (χ2v) is 6.20. The van der Waals surface area contributed by atoms with Gasteiger partial charge in [-0.05, 0) is 32.8 Å². The van der Waals surface area contributed by atoms with Gasteiger partial charge >= 0.3 is 5.97 Å². The molecule has 0 saturated heterocycles. The van der Waals surface area contributed by atoms with E-state index in [9.17, 15) is 15.2 Å². The monoisotopic (exact) mass is 327 g/mol. The van der Waals surface area contributed by atoms with Gasteiger partial charge in [-0.25, -0.2) is 9.78 Å². The number of fused-ring (bicyclic) bond motifs is 1. The Kier molecular flexibility index (Phi) is 4.43. The third-order valence-electron chi connectivity index (χ3n) is 4.67. The number of ether oxygens (including phenoxy) is 1. The molecule has 1 fully saturated rings. The van der Waals surface area contributed by atoms with Gasteiger partial charge in [-0.15, -0.1) is 0 Å². The summed E-state index contributed by atoms with van der Waals surface area (Å²) < 4.78 is 7.04. The molecule has 0 spiro atoms. The van der Waals surface area contributed by atoms with Gasteiger partial charge in [-0.2, -0.15) is 5.26 Å². The average molecular weight is 327 g/mol. The van der Waals surface area contributed by atoms with Gasteiger partial charge in [0.2, 0.25) is 0 Å². The first kappa shape index (κ1) is 16.3. The average Bonchev–Trinajstić information content (AvgIpc) is 2.94. The molecule has 0 unspecified atom stereocenters. The van der Waals surface area contributed by atoms with E-state index in [1.807, 2.05) is 13.0 Å². The Morgan fingerprint density at radius 3 is 2.79 bits per heavy atom. The van der Waals surface area contributed by atoms with Crippen LogP contribution in [0.25, 0.3) is 10.9 Å². The van der Waals surface area contributed by atoms with Gasteiger partial charge in [0.1, 0.15) is 6.07 Å². The van der Waals surface area contributed by atoms with E-state index < -0.39 is 5.97 Å². The summed E-state index contributed by atoms with van der Waals surface area (Å²) in [7, 11) is 0. The number of hydrogen-bond acceptors (Lipinski definition) is 5. The molecule has 1 aliphatic rings. The maximum absolute atomic E-state index is 12.0. The topological polar surface area (TPSA) is 88.1 Å². The van der Waals surface area contributed by atoms with Crippen LogP contribution in [0, 0.1) is 18.3 Å². The predicted molar refractivity (Wildman–Crippen MR) is 88.9 cm³/mol. The minimum absolute atomic E-state index is 0.157. The van der Waals surface area contributed by atoms with E-state index >= 15 is 0 Å². The molecule has 126 valence electrons. The SMILES string of the molecule is CCOC(=O)c1nc(C#N)c2c(cc(C)n2C2CCCCC2)c1O. The van der Waals surface area contributed by atoms with Gasteiger partial charge in [0.05, 0.1) is 12.1 Å². The van der Waals surface area contributed by atoms with Crippen molar-refractivity contribution < 1.29 is 14.6 Å². The Morgan fingerprint density at radius 2 is 2.17 bits per heavy atom. The number of esters is 1. The third-order valence-corrected chi connectivity index (χ3v) is 4.67. The normalized spacial score (nSPS) is 15.4. The molecule has 24 heavy (non-hydrogen) atoms. The van der Waals surface area contributed by atoms with Crippen molar-refractivity contribution >= 4 is 16.9 Å². The minimum Gasteiger partial charge on any atom is -0.505 e. The lowest BCUT2D eigenvalue weighted by Gasteiger charge is -2.26. The zero-order valence-corrected chi connectivity index (χ0v) is 14.0. The van der Waals surface area contributed by atoms with Crippen molar-refractivity contribution in [3.8, 4) is 11.8 Å². The number of aryl methyl sites for hydroxylation is 1. The van der Waals surface area contributed by atoms with Gasteiger partial charge in [0.15, 0.2) is 17.1 Å². The summed E-state index contributed by atoms with van der Waals surface area (Å²) in [5.41, 5.74) is 1.55. The van der Waals surface area contributed by atoms with Crippen molar-refractivity contribution in [3.63, 3.8) is 0 Å². The van der Waals surface area contributed by atoms with Crippen LogP contribution in [0.3, 0.4) is 0 Å². The van der Waals surface area contributed by atoms with Crippen molar-refractivity contribution in [3.05, 3.63) is 23.1 Å². The van der Waals surface area contributed by atoms with E-state index in [1.165, 1.54) is 6.42 Å². The summed E-state index contributed by atoms with van der Waals surface area (Å²) in [4.78, 5) is 16.1. The summed E-state index contributed by atoms with van der Waals surface area (Å²) in [5.74, 6) is -0.920. The van der Waals surface area contributed by atoms with Gasteiger partial charge < -0.3 is 14.4 Å². The molecule has 0 aliphatic heterocycles. The van der Waals surface area contributed by atoms with E-state index in [0.717, 1.165) is 31.4 Å². The first-order valence-electron chi connectivity index (χ1n) is 8.40. The predicted octanol–water partition coefficient (Wildman–Crippen LogP) is 3.60. The fourth-order valence-corrected chi connectivity index (χ4v) is 3.65. The molecule has 6 heteroatoms. The van der Waals surface area contributed by atoms with E-state index in [-0.39, 0.29) is 23.7 Å². The molecular weight excluding hydrogens is 306 g/mol. The molecule has 1 saturated carbocycles. The maximum Gasteiger partial charge on any atom is 0.360 e. The van der Waals surface area contributed by atoms with Gasteiger partial charge in [0, 0.05) is 17.1 Å². The highest BCUT2D eigenvalue weighted by Gasteiger charge is 2.26. The molecule has 2 aromatic rings. The summed E-state index contributed by atoms with van der Waals surface area (Å²) in [5, 5.41) is 20.5. The quantitative estimate of drug-likeness (QED) is 0.870. The van der Waals surface area contributed by atoms with E-state index in [2.05, 4.69) is 15.6 Å². The Hall–Kier alpha value is -2.55. The number of aromatic nitrogens is 2. The van der Waals surface area contributed by atoms with E-state index in [4.69, 9.17) is 4.74 Å². The van der Waals surface area contributed by atoms with Crippen LogP contribution in [0.2, 0.25) is 0 Å². The van der Waals surface area contributed by atoms with Crippen molar-refractivity contribution in [1.82, 2.24) is 9.55 Å². The number of aromatic hydroxyl groups is 1. The van der Waals surface area contributed by atoms with Crippen LogP contribution in [0.15, 0.2) is 6.07 Å². The smallest absolute Gasteiger partial charge is 0.360 e. The number of hydrogen-bond donors (Lipinski definition) is 1. The molecule has 2 heterocycles. The Labute approximate surface area is 140 Å². The van der Waals surface area contributed by atoms with Crippen LogP contribution in [-0.4, -0.2) is 27.2 Å². The molecule has 0 radical (unpaired) electrons. The first-order valence-corrected chi connectivity index (χ1v) is 8.40. The molecule has 0 aromatic carbocycles. The molecule has 0 bridgehead atoms. The lowest BCUT2D eigenvalue weighted by molar-refractivity contribution is 0.0516. The van der Waals surface area contributed by atoms with E-state index in [0.29, 0.717) is 16.9 Å². The summed E-state index contributed by atoms with van der Waals surface area (Å²) in [6, 6.07) is 4.20. The first-order chi connectivity index (χ1) is 11.6. The second-order valence-electron chi connectivity index (χ2n) is 6.20. The molecule has 0 atom stereocenters.